The van der Waals surface area contributed by atoms with Gasteiger partial charge in [0.2, 0.25) is 0 Å². The molecule has 0 amide bonds. The zero-order chi connectivity index (χ0) is 17.9. The quantitative estimate of drug-likeness (QED) is 0.238. The molecule has 7 heteroatoms. The number of hydrogen-bond donors (Lipinski definition) is 2. The summed E-state index contributed by atoms with van der Waals surface area (Å²) in [5.74, 6) is 0.947. The fourth-order valence-corrected chi connectivity index (χ4v) is 4.23. The minimum Gasteiger partial charge on any atom is -0.357 e. The molecule has 1 saturated heterocycles. The van der Waals surface area contributed by atoms with Gasteiger partial charge in [0, 0.05) is 49.7 Å². The molecule has 1 fully saturated rings. The minimum atomic E-state index is 0. The first-order valence-electron chi connectivity index (χ1n) is 9.90. The first kappa shape index (κ1) is 23.6. The van der Waals surface area contributed by atoms with Gasteiger partial charge in [0.15, 0.2) is 5.96 Å². The number of aryl methyl sites for hydroxylation is 2. The zero-order valence-corrected chi connectivity index (χ0v) is 19.7. The number of nitrogens with zero attached hydrogens (tertiary/aromatic N) is 3. The molecule has 0 aliphatic carbocycles. The molecule has 2 heterocycles. The van der Waals surface area contributed by atoms with E-state index < -0.39 is 0 Å². The van der Waals surface area contributed by atoms with E-state index in [-0.39, 0.29) is 24.0 Å². The molecule has 0 spiro atoms. The second kappa shape index (κ2) is 13.7. The highest BCUT2D eigenvalue weighted by atomic mass is 127. The SMILES string of the molecule is CCNC(=NCCCc1nc(C)cs1)NCCN1CCCCC1CC.I. The van der Waals surface area contributed by atoms with Crippen LogP contribution >= 0.6 is 35.3 Å². The maximum atomic E-state index is 4.71. The number of hydrogen-bond acceptors (Lipinski definition) is 4. The molecule has 1 aromatic rings. The monoisotopic (exact) mass is 493 g/mol. The summed E-state index contributed by atoms with van der Waals surface area (Å²) >= 11 is 1.75. The third-order valence-electron chi connectivity index (χ3n) is 4.74. The molecule has 0 saturated carbocycles. The van der Waals surface area contributed by atoms with E-state index >= 15 is 0 Å². The van der Waals surface area contributed by atoms with E-state index in [2.05, 4.69) is 46.7 Å². The Labute approximate surface area is 180 Å². The van der Waals surface area contributed by atoms with Crippen LogP contribution in [0, 0.1) is 6.92 Å². The van der Waals surface area contributed by atoms with Crippen LogP contribution in [0.3, 0.4) is 0 Å². The van der Waals surface area contributed by atoms with Crippen LogP contribution in [0.15, 0.2) is 10.4 Å². The lowest BCUT2D eigenvalue weighted by atomic mass is 10.0. The summed E-state index contributed by atoms with van der Waals surface area (Å²) < 4.78 is 0. The maximum absolute atomic E-state index is 4.71. The average molecular weight is 494 g/mol. The van der Waals surface area contributed by atoms with Crippen LogP contribution in [0.2, 0.25) is 0 Å². The van der Waals surface area contributed by atoms with Crippen LogP contribution in [0.25, 0.3) is 0 Å². The van der Waals surface area contributed by atoms with Crippen molar-refractivity contribution in [1.82, 2.24) is 20.5 Å². The number of guanidine groups is 1. The molecule has 0 radical (unpaired) electrons. The average Bonchev–Trinajstić information content (AvgIpc) is 3.04. The van der Waals surface area contributed by atoms with E-state index in [0.29, 0.717) is 0 Å². The molecule has 1 aliphatic heterocycles. The van der Waals surface area contributed by atoms with Gasteiger partial charge in [-0.3, -0.25) is 9.89 Å². The number of rotatable bonds is 9. The second-order valence-electron chi connectivity index (χ2n) is 6.77. The van der Waals surface area contributed by atoms with Crippen LogP contribution in [-0.4, -0.2) is 54.6 Å². The van der Waals surface area contributed by atoms with Crippen LogP contribution in [0.1, 0.15) is 56.7 Å². The molecular formula is C19H36IN5S. The molecular weight excluding hydrogens is 457 g/mol. The van der Waals surface area contributed by atoms with Gasteiger partial charge >= 0.3 is 0 Å². The Morgan fingerprint density at radius 2 is 2.19 bits per heavy atom. The fraction of sp³-hybridized carbons (Fsp3) is 0.789. The van der Waals surface area contributed by atoms with Gasteiger partial charge < -0.3 is 10.6 Å². The molecule has 150 valence electrons. The van der Waals surface area contributed by atoms with Crippen molar-refractivity contribution >= 4 is 41.3 Å². The first-order chi connectivity index (χ1) is 12.2. The van der Waals surface area contributed by atoms with E-state index in [4.69, 9.17) is 4.99 Å². The van der Waals surface area contributed by atoms with E-state index in [1.165, 1.54) is 37.2 Å². The highest BCUT2D eigenvalue weighted by molar-refractivity contribution is 14.0. The van der Waals surface area contributed by atoms with Crippen molar-refractivity contribution in [2.45, 2.75) is 65.3 Å². The van der Waals surface area contributed by atoms with E-state index in [0.717, 1.165) is 56.7 Å². The Bertz CT molecular complexity index is 520. The van der Waals surface area contributed by atoms with Gasteiger partial charge in [-0.2, -0.15) is 0 Å². The first-order valence-corrected chi connectivity index (χ1v) is 10.8. The van der Waals surface area contributed by atoms with Crippen molar-refractivity contribution in [2.75, 3.05) is 32.7 Å². The molecule has 0 aromatic carbocycles. The lowest BCUT2D eigenvalue weighted by Crippen LogP contribution is -2.46. The summed E-state index contributed by atoms with van der Waals surface area (Å²) in [7, 11) is 0. The van der Waals surface area contributed by atoms with Crippen molar-refractivity contribution in [3.63, 3.8) is 0 Å². The Hall–Kier alpha value is -0.410. The highest BCUT2D eigenvalue weighted by Crippen LogP contribution is 2.18. The number of piperidine rings is 1. The molecule has 5 nitrogen and oxygen atoms in total. The van der Waals surface area contributed by atoms with Crippen molar-refractivity contribution in [3.8, 4) is 0 Å². The van der Waals surface area contributed by atoms with Crippen LogP contribution < -0.4 is 10.6 Å². The molecule has 0 bridgehead atoms. The molecule has 1 aromatic heterocycles. The topological polar surface area (TPSA) is 52.6 Å². The van der Waals surface area contributed by atoms with Gasteiger partial charge in [-0.05, 0) is 46.1 Å². The van der Waals surface area contributed by atoms with Crippen LogP contribution in [0.4, 0.5) is 0 Å². The summed E-state index contributed by atoms with van der Waals surface area (Å²) in [6.07, 6.45) is 7.44. The lowest BCUT2D eigenvalue weighted by molar-refractivity contribution is 0.147. The number of nitrogens with one attached hydrogen (secondary N) is 2. The Balaban J connectivity index is 0.00000338. The number of likely N-dealkylation sites (tertiary alicyclic amines) is 1. The maximum Gasteiger partial charge on any atom is 0.191 e. The van der Waals surface area contributed by atoms with Gasteiger partial charge in [0.25, 0.3) is 0 Å². The predicted octanol–water partition coefficient (Wildman–Crippen LogP) is 3.82. The fourth-order valence-electron chi connectivity index (χ4n) is 3.42. The van der Waals surface area contributed by atoms with Crippen LogP contribution in [-0.2, 0) is 6.42 Å². The molecule has 26 heavy (non-hydrogen) atoms. The third-order valence-corrected chi connectivity index (χ3v) is 5.77. The van der Waals surface area contributed by atoms with Crippen LogP contribution in [0.5, 0.6) is 0 Å². The number of aromatic nitrogens is 1. The predicted molar refractivity (Wildman–Crippen MR) is 124 cm³/mol. The summed E-state index contributed by atoms with van der Waals surface area (Å²) in [4.78, 5) is 11.9. The molecule has 2 N–H and O–H groups in total. The van der Waals surface area contributed by atoms with Gasteiger partial charge in [-0.1, -0.05) is 13.3 Å². The van der Waals surface area contributed by atoms with E-state index in [1.807, 2.05) is 0 Å². The number of thiazole rings is 1. The standard InChI is InChI=1S/C19H35N5S.HI/c1-4-17-9-6-7-13-24(17)14-12-22-19(20-5-2)21-11-8-10-18-23-16(3)15-25-18;/h15,17H,4-14H2,1-3H3,(H2,20,21,22);1H. The smallest absolute Gasteiger partial charge is 0.191 e. The van der Waals surface area contributed by atoms with E-state index in [1.54, 1.807) is 11.3 Å². The lowest BCUT2D eigenvalue weighted by Gasteiger charge is -2.35. The van der Waals surface area contributed by atoms with Gasteiger partial charge in [-0.25, -0.2) is 4.98 Å². The Morgan fingerprint density at radius 1 is 1.35 bits per heavy atom. The number of aliphatic imine (C=N–C) groups is 1. The zero-order valence-electron chi connectivity index (χ0n) is 16.6. The van der Waals surface area contributed by atoms with Crippen molar-refractivity contribution in [2.24, 2.45) is 4.99 Å². The molecule has 1 aliphatic rings. The Kier molecular flexibility index (Phi) is 12.5. The summed E-state index contributed by atoms with van der Waals surface area (Å²) in [5, 5.41) is 10.2. The molecule has 1 atom stereocenters. The van der Waals surface area contributed by atoms with Crippen molar-refractivity contribution < 1.29 is 0 Å². The van der Waals surface area contributed by atoms with Gasteiger partial charge in [-0.15, -0.1) is 35.3 Å². The Morgan fingerprint density at radius 3 is 2.88 bits per heavy atom. The normalized spacial score (nSPS) is 18.4. The minimum absolute atomic E-state index is 0. The highest BCUT2D eigenvalue weighted by Gasteiger charge is 2.19. The second-order valence-corrected chi connectivity index (χ2v) is 7.71. The summed E-state index contributed by atoms with van der Waals surface area (Å²) in [5.41, 5.74) is 1.13. The summed E-state index contributed by atoms with van der Waals surface area (Å²) in [6, 6.07) is 0.775. The van der Waals surface area contributed by atoms with Gasteiger partial charge in [0.05, 0.1) is 5.01 Å². The van der Waals surface area contributed by atoms with Crippen molar-refractivity contribution in [3.05, 3.63) is 16.1 Å². The summed E-state index contributed by atoms with van der Waals surface area (Å²) in [6.45, 7) is 11.6. The third kappa shape index (κ3) is 8.52. The molecule has 1 unspecified atom stereocenters. The van der Waals surface area contributed by atoms with E-state index in [9.17, 15) is 0 Å². The van der Waals surface area contributed by atoms with Crippen molar-refractivity contribution in [1.29, 1.82) is 0 Å². The van der Waals surface area contributed by atoms with Gasteiger partial charge in [0.1, 0.15) is 0 Å². The largest absolute Gasteiger partial charge is 0.357 e. The number of halogens is 1. The molecule has 2 rings (SSSR count).